The maximum Gasteiger partial charge on any atom is 0.417 e. The number of nitrogens with zero attached hydrogens (tertiary/aromatic N) is 2. The Morgan fingerprint density at radius 2 is 1.75 bits per heavy atom. The molecule has 2 aromatic carbocycles. The number of alkyl halides is 3. The van der Waals surface area contributed by atoms with Crippen molar-refractivity contribution in [3.05, 3.63) is 77.1 Å². The molecule has 0 saturated heterocycles. The van der Waals surface area contributed by atoms with Crippen LogP contribution in [0.2, 0.25) is 5.02 Å². The van der Waals surface area contributed by atoms with Gasteiger partial charge in [-0.3, -0.25) is 0 Å². The molecule has 0 aliphatic carbocycles. The molecule has 148 valence electrons. The highest BCUT2D eigenvalue weighted by atomic mass is 35.5. The van der Waals surface area contributed by atoms with E-state index in [2.05, 4.69) is 15.3 Å². The van der Waals surface area contributed by atoms with Crippen molar-refractivity contribution in [3.8, 4) is 11.3 Å². The molecule has 4 nitrogen and oxygen atoms in total. The van der Waals surface area contributed by atoms with Crippen LogP contribution in [0.25, 0.3) is 11.3 Å². The van der Waals surface area contributed by atoms with Crippen molar-refractivity contribution in [2.24, 2.45) is 5.73 Å². The summed E-state index contributed by atoms with van der Waals surface area (Å²) in [6, 6.07) is 14.5. The van der Waals surface area contributed by atoms with Crippen LogP contribution in [0.15, 0.2) is 60.9 Å². The molecular weight excluding hydrogens is 412 g/mol. The number of aromatic nitrogens is 2. The molecule has 0 amide bonds. The third kappa shape index (κ3) is 5.34. The first-order valence-electron chi connectivity index (χ1n) is 8.08. The van der Waals surface area contributed by atoms with Crippen molar-refractivity contribution < 1.29 is 13.2 Å². The van der Waals surface area contributed by atoms with E-state index in [4.69, 9.17) is 17.3 Å². The van der Waals surface area contributed by atoms with Crippen LogP contribution in [0.1, 0.15) is 17.2 Å². The Labute approximate surface area is 171 Å². The average molecular weight is 429 g/mol. The third-order valence-corrected chi connectivity index (χ3v) is 4.30. The number of benzene rings is 2. The van der Waals surface area contributed by atoms with Crippen LogP contribution in [-0.2, 0) is 6.18 Å². The first-order chi connectivity index (χ1) is 12.8. The van der Waals surface area contributed by atoms with Gasteiger partial charge in [0.15, 0.2) is 0 Å². The van der Waals surface area contributed by atoms with Gasteiger partial charge in [-0.1, -0.05) is 48.0 Å². The van der Waals surface area contributed by atoms with Crippen molar-refractivity contribution >= 4 is 29.8 Å². The number of nitrogens with two attached hydrogens (primary N) is 1. The number of anilines is 1. The topological polar surface area (TPSA) is 63.8 Å². The standard InChI is InChI=1S/C19H16ClF3N4.ClH/c20-15-7-6-13(8-14(15)19(21,22)23)17-9-18(27-11-26-17)25-10-16(24)12-4-2-1-3-5-12;/h1-9,11,16H,10,24H2,(H,25,26,27);1H/t16-;/m0./s1. The summed E-state index contributed by atoms with van der Waals surface area (Å²) in [6.07, 6.45) is -3.25. The lowest BCUT2D eigenvalue weighted by Gasteiger charge is -2.14. The third-order valence-electron chi connectivity index (χ3n) is 3.97. The molecule has 3 rings (SSSR count). The van der Waals surface area contributed by atoms with Crippen molar-refractivity contribution in [1.82, 2.24) is 9.97 Å². The second kappa shape index (κ2) is 9.23. The zero-order valence-corrected chi connectivity index (χ0v) is 16.0. The molecule has 1 heterocycles. The lowest BCUT2D eigenvalue weighted by molar-refractivity contribution is -0.137. The van der Waals surface area contributed by atoms with Gasteiger partial charge in [0.1, 0.15) is 12.1 Å². The summed E-state index contributed by atoms with van der Waals surface area (Å²) in [7, 11) is 0. The number of nitrogens with one attached hydrogen (secondary N) is 1. The lowest BCUT2D eigenvalue weighted by atomic mass is 10.1. The smallest absolute Gasteiger partial charge is 0.368 e. The highest BCUT2D eigenvalue weighted by molar-refractivity contribution is 6.31. The van der Waals surface area contributed by atoms with Gasteiger partial charge in [0.05, 0.1) is 16.3 Å². The molecule has 3 aromatic rings. The van der Waals surface area contributed by atoms with Crippen molar-refractivity contribution in [2.45, 2.75) is 12.2 Å². The Hall–Kier alpha value is -2.35. The van der Waals surface area contributed by atoms with Crippen LogP contribution in [0.4, 0.5) is 19.0 Å². The Bertz CT molecular complexity index is 921. The van der Waals surface area contributed by atoms with Crippen molar-refractivity contribution in [2.75, 3.05) is 11.9 Å². The van der Waals surface area contributed by atoms with Gasteiger partial charge < -0.3 is 11.1 Å². The van der Waals surface area contributed by atoms with E-state index in [9.17, 15) is 13.2 Å². The molecule has 0 fully saturated rings. The Kier molecular flexibility index (Phi) is 7.23. The Morgan fingerprint density at radius 3 is 2.43 bits per heavy atom. The van der Waals surface area contributed by atoms with Gasteiger partial charge in [-0.05, 0) is 17.7 Å². The van der Waals surface area contributed by atoms with Crippen LogP contribution in [0, 0.1) is 0 Å². The van der Waals surface area contributed by atoms with E-state index in [1.54, 1.807) is 6.07 Å². The van der Waals surface area contributed by atoms with E-state index < -0.39 is 11.7 Å². The van der Waals surface area contributed by atoms with Crippen LogP contribution < -0.4 is 11.1 Å². The normalized spacial score (nSPS) is 12.2. The molecule has 0 saturated carbocycles. The maximum absolute atomic E-state index is 13.1. The van der Waals surface area contributed by atoms with Gasteiger partial charge in [-0.2, -0.15) is 13.2 Å². The molecule has 9 heteroatoms. The minimum atomic E-state index is -4.54. The van der Waals surface area contributed by atoms with E-state index in [-0.39, 0.29) is 23.5 Å². The minimum Gasteiger partial charge on any atom is -0.368 e. The molecule has 0 aliphatic heterocycles. The van der Waals surface area contributed by atoms with Gasteiger partial charge in [-0.15, -0.1) is 12.4 Å². The largest absolute Gasteiger partial charge is 0.417 e. The first kappa shape index (κ1) is 21.9. The molecule has 3 N–H and O–H groups in total. The van der Waals surface area contributed by atoms with Gasteiger partial charge in [0.2, 0.25) is 0 Å². The fourth-order valence-electron chi connectivity index (χ4n) is 2.55. The fraction of sp³-hybridized carbons (Fsp3) is 0.158. The van der Waals surface area contributed by atoms with Gasteiger partial charge >= 0.3 is 6.18 Å². The van der Waals surface area contributed by atoms with Crippen LogP contribution >= 0.6 is 24.0 Å². The highest BCUT2D eigenvalue weighted by Gasteiger charge is 2.33. The van der Waals surface area contributed by atoms with Gasteiger partial charge in [-0.25, -0.2) is 9.97 Å². The minimum absolute atomic E-state index is 0. The molecule has 28 heavy (non-hydrogen) atoms. The Balaban J connectivity index is 0.00000280. The van der Waals surface area contributed by atoms with E-state index in [0.29, 0.717) is 23.6 Å². The SMILES string of the molecule is Cl.N[C@@H](CNc1cc(-c2ccc(Cl)c(C(F)(F)F)c2)ncn1)c1ccccc1. The predicted molar refractivity (Wildman–Crippen MR) is 107 cm³/mol. The van der Waals surface area contributed by atoms with Crippen LogP contribution in [-0.4, -0.2) is 16.5 Å². The molecule has 1 aromatic heterocycles. The molecule has 0 bridgehead atoms. The monoisotopic (exact) mass is 428 g/mol. The quantitative estimate of drug-likeness (QED) is 0.574. The van der Waals surface area contributed by atoms with Crippen molar-refractivity contribution in [3.63, 3.8) is 0 Å². The summed E-state index contributed by atoms with van der Waals surface area (Å²) in [4.78, 5) is 8.15. The summed E-state index contributed by atoms with van der Waals surface area (Å²) >= 11 is 5.66. The zero-order valence-electron chi connectivity index (χ0n) is 14.4. The number of rotatable bonds is 5. The number of hydrogen-bond acceptors (Lipinski definition) is 4. The first-order valence-corrected chi connectivity index (χ1v) is 8.46. The number of hydrogen-bond donors (Lipinski definition) is 2. The fourth-order valence-corrected chi connectivity index (χ4v) is 2.77. The second-order valence-corrected chi connectivity index (χ2v) is 6.29. The Morgan fingerprint density at radius 1 is 1.04 bits per heavy atom. The molecule has 0 unspecified atom stereocenters. The average Bonchev–Trinajstić information content (AvgIpc) is 2.66. The van der Waals surface area contributed by atoms with Crippen LogP contribution in [0.5, 0.6) is 0 Å². The van der Waals surface area contributed by atoms with E-state index in [1.807, 2.05) is 30.3 Å². The van der Waals surface area contributed by atoms with Crippen molar-refractivity contribution in [1.29, 1.82) is 0 Å². The van der Waals surface area contributed by atoms with Crippen LogP contribution in [0.3, 0.4) is 0 Å². The van der Waals surface area contributed by atoms with E-state index in [1.165, 1.54) is 18.5 Å². The number of halogens is 5. The second-order valence-electron chi connectivity index (χ2n) is 5.88. The molecule has 0 spiro atoms. The molecule has 1 atom stereocenters. The zero-order chi connectivity index (χ0) is 19.4. The van der Waals surface area contributed by atoms with Gasteiger partial charge in [0, 0.05) is 24.2 Å². The highest BCUT2D eigenvalue weighted by Crippen LogP contribution is 2.37. The molecular formula is C19H17Cl2F3N4. The summed E-state index contributed by atoms with van der Waals surface area (Å²) in [5, 5.41) is 2.73. The molecule has 0 radical (unpaired) electrons. The summed E-state index contributed by atoms with van der Waals surface area (Å²) < 4.78 is 39.2. The van der Waals surface area contributed by atoms with E-state index >= 15 is 0 Å². The summed E-state index contributed by atoms with van der Waals surface area (Å²) in [5.41, 5.74) is 6.84. The lowest BCUT2D eigenvalue weighted by Crippen LogP contribution is -2.20. The predicted octanol–water partition coefficient (Wildman–Crippen LogP) is 5.35. The van der Waals surface area contributed by atoms with E-state index in [0.717, 1.165) is 11.6 Å². The summed E-state index contributed by atoms with van der Waals surface area (Å²) in [5.74, 6) is 0.467. The maximum atomic E-state index is 13.1. The van der Waals surface area contributed by atoms with Gasteiger partial charge in [0.25, 0.3) is 0 Å². The summed E-state index contributed by atoms with van der Waals surface area (Å²) in [6.45, 7) is 0.412. The molecule has 0 aliphatic rings.